The van der Waals surface area contributed by atoms with Crippen LogP contribution in [0.3, 0.4) is 0 Å². The molecule has 1 aliphatic heterocycles. The van der Waals surface area contributed by atoms with Crippen LogP contribution in [0.1, 0.15) is 15.2 Å². The summed E-state index contributed by atoms with van der Waals surface area (Å²) in [5.41, 5.74) is 0.854. The number of nitro groups is 1. The van der Waals surface area contributed by atoms with Crippen molar-refractivity contribution in [2.75, 3.05) is 11.4 Å². The highest BCUT2D eigenvalue weighted by Gasteiger charge is 2.32. The van der Waals surface area contributed by atoms with Crippen LogP contribution in [0.25, 0.3) is 0 Å². The molecule has 1 amide bonds. The number of rotatable bonds is 4. The van der Waals surface area contributed by atoms with Gasteiger partial charge >= 0.3 is 6.61 Å². The molecule has 0 aliphatic carbocycles. The van der Waals surface area contributed by atoms with Crippen molar-refractivity contribution in [1.82, 2.24) is 0 Å². The number of nitrogens with zero attached hydrogens (tertiary/aromatic N) is 2. The number of fused-ring (bicyclic) bond motifs is 1. The van der Waals surface area contributed by atoms with E-state index in [9.17, 15) is 23.7 Å². The van der Waals surface area contributed by atoms with E-state index in [-0.39, 0.29) is 22.9 Å². The first kappa shape index (κ1) is 15.3. The van der Waals surface area contributed by atoms with Crippen LogP contribution in [0.5, 0.6) is 5.75 Å². The van der Waals surface area contributed by atoms with Crippen LogP contribution in [-0.4, -0.2) is 24.0 Å². The summed E-state index contributed by atoms with van der Waals surface area (Å²) in [6.07, 6.45) is 0.342. The van der Waals surface area contributed by atoms with Crippen molar-refractivity contribution in [3.05, 3.63) is 50.2 Å². The van der Waals surface area contributed by atoms with Gasteiger partial charge in [0, 0.05) is 12.6 Å². The Bertz CT molecular complexity index is 778. The second-order valence-electron chi connectivity index (χ2n) is 4.73. The molecule has 1 aromatic carbocycles. The zero-order chi connectivity index (χ0) is 16.6. The van der Waals surface area contributed by atoms with Crippen molar-refractivity contribution in [1.29, 1.82) is 0 Å². The number of ether oxygens (including phenoxy) is 1. The highest BCUT2D eigenvalue weighted by molar-refractivity contribution is 7.12. The maximum atomic E-state index is 12.6. The van der Waals surface area contributed by atoms with E-state index < -0.39 is 17.4 Å². The first-order chi connectivity index (χ1) is 11.0. The summed E-state index contributed by atoms with van der Waals surface area (Å²) in [4.78, 5) is 24.5. The van der Waals surface area contributed by atoms with E-state index in [4.69, 9.17) is 0 Å². The van der Waals surface area contributed by atoms with E-state index in [2.05, 4.69) is 4.74 Å². The van der Waals surface area contributed by atoms with Gasteiger partial charge in [0.1, 0.15) is 10.6 Å². The monoisotopic (exact) mass is 340 g/mol. The summed E-state index contributed by atoms with van der Waals surface area (Å²) >= 11 is 0.988. The number of hydrogen-bond acceptors (Lipinski definition) is 5. The van der Waals surface area contributed by atoms with Gasteiger partial charge in [-0.05, 0) is 23.9 Å². The molecule has 0 radical (unpaired) electrons. The third-order valence-electron chi connectivity index (χ3n) is 3.48. The van der Waals surface area contributed by atoms with Gasteiger partial charge in [0.25, 0.3) is 11.6 Å². The molecule has 120 valence electrons. The normalized spacial score (nSPS) is 13.3. The Labute approximate surface area is 133 Å². The maximum Gasteiger partial charge on any atom is 0.387 e. The molecule has 0 saturated carbocycles. The number of anilines is 1. The van der Waals surface area contributed by atoms with Crippen molar-refractivity contribution in [2.45, 2.75) is 13.0 Å². The second kappa shape index (κ2) is 5.92. The molecule has 1 aliphatic rings. The van der Waals surface area contributed by atoms with Crippen molar-refractivity contribution in [3.63, 3.8) is 0 Å². The van der Waals surface area contributed by atoms with Crippen LogP contribution in [0.2, 0.25) is 0 Å². The first-order valence-corrected chi connectivity index (χ1v) is 7.47. The summed E-state index contributed by atoms with van der Waals surface area (Å²) in [5.74, 6) is -0.691. The third-order valence-corrected chi connectivity index (χ3v) is 4.37. The van der Waals surface area contributed by atoms with E-state index >= 15 is 0 Å². The molecule has 6 nitrogen and oxygen atoms in total. The number of carbonyl (C=O) groups excluding carboxylic acids is 1. The van der Waals surface area contributed by atoms with Gasteiger partial charge in [0.2, 0.25) is 0 Å². The average molecular weight is 340 g/mol. The van der Waals surface area contributed by atoms with Crippen molar-refractivity contribution in [3.8, 4) is 5.75 Å². The molecule has 2 aromatic rings. The maximum absolute atomic E-state index is 12.6. The lowest BCUT2D eigenvalue weighted by Gasteiger charge is -2.17. The Morgan fingerprint density at radius 2 is 2.17 bits per heavy atom. The fourth-order valence-corrected chi connectivity index (χ4v) is 3.33. The average Bonchev–Trinajstić information content (AvgIpc) is 3.11. The van der Waals surface area contributed by atoms with Gasteiger partial charge in [0.05, 0.1) is 16.2 Å². The Kier molecular flexibility index (Phi) is 3.95. The smallest absolute Gasteiger partial charge is 0.387 e. The molecule has 1 aromatic heterocycles. The molecule has 23 heavy (non-hydrogen) atoms. The minimum Gasteiger partial charge on any atom is -0.433 e. The Balaban J connectivity index is 1.94. The quantitative estimate of drug-likeness (QED) is 0.631. The summed E-state index contributed by atoms with van der Waals surface area (Å²) < 4.78 is 29.1. The number of amides is 1. The van der Waals surface area contributed by atoms with Crippen molar-refractivity contribution >= 4 is 28.6 Å². The standard InChI is InChI=1S/C14H10F2N2O4S/c15-14(16)22-11-5-7-23-12(11)13(19)17-6-4-8-9(17)2-1-3-10(8)18(20)21/h1-3,5,7,14H,4,6H2. The van der Waals surface area contributed by atoms with Crippen LogP contribution >= 0.6 is 11.3 Å². The molecular weight excluding hydrogens is 330 g/mol. The first-order valence-electron chi connectivity index (χ1n) is 6.59. The van der Waals surface area contributed by atoms with E-state index in [0.29, 0.717) is 17.7 Å². The Morgan fingerprint density at radius 1 is 1.39 bits per heavy atom. The van der Waals surface area contributed by atoms with Crippen molar-refractivity contribution in [2.24, 2.45) is 0 Å². The minimum atomic E-state index is -3.02. The SMILES string of the molecule is O=C(c1sccc1OC(F)F)N1CCc2c1cccc2[N+](=O)[O-]. The summed E-state index contributed by atoms with van der Waals surface area (Å²) in [7, 11) is 0. The van der Waals surface area contributed by atoms with Gasteiger partial charge in [0.15, 0.2) is 0 Å². The molecule has 0 spiro atoms. The number of carbonyl (C=O) groups is 1. The fourth-order valence-electron chi connectivity index (χ4n) is 2.56. The zero-order valence-corrected chi connectivity index (χ0v) is 12.4. The highest BCUT2D eigenvalue weighted by Crippen LogP contribution is 2.37. The minimum absolute atomic E-state index is 0.0460. The molecule has 0 bridgehead atoms. The zero-order valence-electron chi connectivity index (χ0n) is 11.6. The lowest BCUT2D eigenvalue weighted by molar-refractivity contribution is -0.385. The van der Waals surface area contributed by atoms with E-state index in [1.165, 1.54) is 28.5 Å². The van der Waals surface area contributed by atoms with E-state index in [0.717, 1.165) is 11.3 Å². The Hall–Kier alpha value is -2.55. The molecule has 2 heterocycles. The number of halogens is 2. The lowest BCUT2D eigenvalue weighted by atomic mass is 10.1. The topological polar surface area (TPSA) is 72.7 Å². The van der Waals surface area contributed by atoms with Crippen LogP contribution in [0.4, 0.5) is 20.2 Å². The van der Waals surface area contributed by atoms with E-state index in [1.54, 1.807) is 6.07 Å². The molecule has 0 atom stereocenters. The third kappa shape index (κ3) is 2.74. The number of benzene rings is 1. The summed E-state index contributed by atoms with van der Waals surface area (Å²) in [5, 5.41) is 12.5. The van der Waals surface area contributed by atoms with Crippen LogP contribution < -0.4 is 9.64 Å². The molecule has 0 N–H and O–H groups in total. The summed E-state index contributed by atoms with van der Waals surface area (Å²) in [6, 6.07) is 5.78. The molecule has 0 saturated heterocycles. The van der Waals surface area contributed by atoms with Gasteiger partial charge < -0.3 is 9.64 Å². The predicted octanol–water partition coefficient (Wildman–Crippen LogP) is 3.46. The molecule has 0 unspecified atom stereocenters. The van der Waals surface area contributed by atoms with Gasteiger partial charge in [-0.1, -0.05) is 6.07 Å². The Morgan fingerprint density at radius 3 is 2.87 bits per heavy atom. The predicted molar refractivity (Wildman–Crippen MR) is 79.4 cm³/mol. The molecule has 3 rings (SSSR count). The fraction of sp³-hybridized carbons (Fsp3) is 0.214. The number of thiophene rings is 1. The van der Waals surface area contributed by atoms with Gasteiger partial charge in [-0.25, -0.2) is 0 Å². The lowest BCUT2D eigenvalue weighted by Crippen LogP contribution is -2.28. The number of alkyl halides is 2. The van der Waals surface area contributed by atoms with E-state index in [1.807, 2.05) is 0 Å². The molecular formula is C14H10F2N2O4S. The van der Waals surface area contributed by atoms with Gasteiger partial charge in [-0.2, -0.15) is 8.78 Å². The van der Waals surface area contributed by atoms with Gasteiger partial charge in [-0.3, -0.25) is 14.9 Å². The van der Waals surface area contributed by atoms with Crippen LogP contribution in [-0.2, 0) is 6.42 Å². The summed E-state index contributed by atoms with van der Waals surface area (Å²) in [6.45, 7) is -2.77. The number of nitro benzene ring substituents is 1. The van der Waals surface area contributed by atoms with Crippen LogP contribution in [0.15, 0.2) is 29.6 Å². The van der Waals surface area contributed by atoms with Gasteiger partial charge in [-0.15, -0.1) is 11.3 Å². The largest absolute Gasteiger partial charge is 0.433 e. The van der Waals surface area contributed by atoms with Crippen molar-refractivity contribution < 1.29 is 23.2 Å². The molecule has 9 heteroatoms. The second-order valence-corrected chi connectivity index (χ2v) is 5.65. The molecule has 0 fully saturated rings. The number of hydrogen-bond donors (Lipinski definition) is 0. The van der Waals surface area contributed by atoms with Crippen LogP contribution in [0, 0.1) is 10.1 Å². The highest BCUT2D eigenvalue weighted by atomic mass is 32.1.